The molecule has 0 aliphatic heterocycles. The highest BCUT2D eigenvalue weighted by molar-refractivity contribution is 5.96. The molecule has 0 bridgehead atoms. The van der Waals surface area contributed by atoms with E-state index in [9.17, 15) is 9.59 Å². The molecule has 4 rings (SSSR count). The average Bonchev–Trinajstić information content (AvgIpc) is 3.33. The van der Waals surface area contributed by atoms with E-state index in [2.05, 4.69) is 15.5 Å². The van der Waals surface area contributed by atoms with Crippen molar-refractivity contribution < 1.29 is 18.8 Å². The van der Waals surface area contributed by atoms with Crippen LogP contribution in [0.4, 0.5) is 5.69 Å². The molecule has 0 radical (unpaired) electrons. The predicted octanol–water partition coefficient (Wildman–Crippen LogP) is 5.52. The van der Waals surface area contributed by atoms with Crippen molar-refractivity contribution in [1.82, 2.24) is 10.1 Å². The lowest BCUT2D eigenvalue weighted by Crippen LogP contribution is -2.26. The normalized spacial score (nSPS) is 11.6. The standard InChI is InChI=1S/C28H27N3O4/c1-18-10-13-22(14-11-18)27-30-24(35-31-27)15-16-25(32)34-26(21-7-5-4-6-8-21)28(33)29-23-17-19(2)9-12-20(23)3/h4-14,17,26H,15-16H2,1-3H3,(H,29,33). The summed E-state index contributed by atoms with van der Waals surface area (Å²) in [5.41, 5.74) is 5.17. The van der Waals surface area contributed by atoms with Crippen LogP contribution in [0, 0.1) is 20.8 Å². The molecule has 1 unspecified atom stereocenters. The Bertz CT molecular complexity index is 1310. The number of aryl methyl sites for hydroxylation is 4. The third kappa shape index (κ3) is 6.20. The second-order valence-corrected chi connectivity index (χ2v) is 8.47. The Kier molecular flexibility index (Phi) is 7.35. The van der Waals surface area contributed by atoms with Gasteiger partial charge in [0.25, 0.3) is 5.91 Å². The number of rotatable bonds is 8. The van der Waals surface area contributed by atoms with Crippen LogP contribution in [0.2, 0.25) is 0 Å². The van der Waals surface area contributed by atoms with Crippen LogP contribution < -0.4 is 5.32 Å². The van der Waals surface area contributed by atoms with Crippen molar-refractivity contribution in [3.63, 3.8) is 0 Å². The molecule has 3 aromatic carbocycles. The molecule has 4 aromatic rings. The van der Waals surface area contributed by atoms with Crippen LogP contribution in [0.15, 0.2) is 77.3 Å². The summed E-state index contributed by atoms with van der Waals surface area (Å²) in [5, 5.41) is 6.89. The molecule has 1 aromatic heterocycles. The van der Waals surface area contributed by atoms with Crippen molar-refractivity contribution in [3.05, 3.63) is 101 Å². The quantitative estimate of drug-likeness (QED) is 0.342. The molecule has 1 amide bonds. The monoisotopic (exact) mass is 469 g/mol. The lowest BCUT2D eigenvalue weighted by atomic mass is 10.1. The Morgan fingerprint density at radius 2 is 1.66 bits per heavy atom. The van der Waals surface area contributed by atoms with E-state index in [1.807, 2.05) is 69.3 Å². The maximum atomic E-state index is 13.1. The van der Waals surface area contributed by atoms with E-state index in [4.69, 9.17) is 9.26 Å². The molecule has 178 valence electrons. The van der Waals surface area contributed by atoms with Crippen molar-refractivity contribution in [1.29, 1.82) is 0 Å². The van der Waals surface area contributed by atoms with Gasteiger partial charge in [-0.3, -0.25) is 9.59 Å². The van der Waals surface area contributed by atoms with Gasteiger partial charge in [0.05, 0.1) is 6.42 Å². The number of esters is 1. The molecule has 0 spiro atoms. The number of hydrogen-bond donors (Lipinski definition) is 1. The number of ether oxygens (including phenoxy) is 1. The number of nitrogens with zero attached hydrogens (tertiary/aromatic N) is 2. The Balaban J connectivity index is 1.42. The van der Waals surface area contributed by atoms with Gasteiger partial charge < -0.3 is 14.6 Å². The summed E-state index contributed by atoms with van der Waals surface area (Å²) in [7, 11) is 0. The minimum atomic E-state index is -1.09. The lowest BCUT2D eigenvalue weighted by Gasteiger charge is -2.19. The molecule has 0 saturated heterocycles. The number of amides is 1. The third-order valence-electron chi connectivity index (χ3n) is 5.56. The zero-order valence-corrected chi connectivity index (χ0v) is 19.9. The van der Waals surface area contributed by atoms with Gasteiger partial charge in [0.1, 0.15) is 0 Å². The topological polar surface area (TPSA) is 94.3 Å². The number of anilines is 1. The minimum absolute atomic E-state index is 0.00435. The second-order valence-electron chi connectivity index (χ2n) is 8.47. The molecule has 0 saturated carbocycles. The summed E-state index contributed by atoms with van der Waals surface area (Å²) in [6, 6.07) is 22.5. The van der Waals surface area contributed by atoms with Crippen LogP contribution in [0.1, 0.15) is 40.7 Å². The molecule has 35 heavy (non-hydrogen) atoms. The number of hydrogen-bond acceptors (Lipinski definition) is 6. The number of nitrogens with one attached hydrogen (secondary N) is 1. The summed E-state index contributed by atoms with van der Waals surface area (Å²) < 4.78 is 10.9. The van der Waals surface area contributed by atoms with E-state index < -0.39 is 18.0 Å². The summed E-state index contributed by atoms with van der Waals surface area (Å²) in [6.45, 7) is 5.86. The van der Waals surface area contributed by atoms with E-state index in [1.165, 1.54) is 0 Å². The van der Waals surface area contributed by atoms with Gasteiger partial charge in [0.2, 0.25) is 17.8 Å². The fourth-order valence-electron chi connectivity index (χ4n) is 3.55. The molecule has 1 heterocycles. The fourth-order valence-corrected chi connectivity index (χ4v) is 3.55. The maximum absolute atomic E-state index is 13.1. The van der Waals surface area contributed by atoms with Crippen molar-refractivity contribution in [2.75, 3.05) is 5.32 Å². The Hall–Kier alpha value is -4.26. The molecule has 1 atom stereocenters. The van der Waals surface area contributed by atoms with Crippen molar-refractivity contribution in [3.8, 4) is 11.4 Å². The highest BCUT2D eigenvalue weighted by Crippen LogP contribution is 2.24. The molecule has 7 heteroatoms. The number of carbonyl (C=O) groups excluding carboxylic acids is 2. The van der Waals surface area contributed by atoms with Crippen LogP contribution in [0.3, 0.4) is 0 Å². The summed E-state index contributed by atoms with van der Waals surface area (Å²) in [4.78, 5) is 30.2. The number of carbonyl (C=O) groups is 2. The maximum Gasteiger partial charge on any atom is 0.307 e. The zero-order valence-electron chi connectivity index (χ0n) is 19.9. The molecular weight excluding hydrogens is 442 g/mol. The molecule has 1 N–H and O–H groups in total. The van der Waals surface area contributed by atoms with E-state index >= 15 is 0 Å². The molecule has 7 nitrogen and oxygen atoms in total. The Labute approximate surface area is 204 Å². The van der Waals surface area contributed by atoms with Gasteiger partial charge in [-0.15, -0.1) is 0 Å². The first kappa shape index (κ1) is 23.9. The highest BCUT2D eigenvalue weighted by atomic mass is 16.5. The smallest absolute Gasteiger partial charge is 0.307 e. The van der Waals surface area contributed by atoms with Crippen LogP contribution in [-0.4, -0.2) is 22.0 Å². The fraction of sp³-hybridized carbons (Fsp3) is 0.214. The largest absolute Gasteiger partial charge is 0.447 e. The zero-order chi connectivity index (χ0) is 24.8. The first-order valence-electron chi connectivity index (χ1n) is 11.4. The van der Waals surface area contributed by atoms with E-state index in [-0.39, 0.29) is 12.8 Å². The summed E-state index contributed by atoms with van der Waals surface area (Å²) in [6.07, 6.45) is -0.887. The van der Waals surface area contributed by atoms with Crippen LogP contribution in [-0.2, 0) is 20.7 Å². The lowest BCUT2D eigenvalue weighted by molar-refractivity contribution is -0.154. The summed E-state index contributed by atoms with van der Waals surface area (Å²) >= 11 is 0. The molecular formula is C28H27N3O4. The third-order valence-corrected chi connectivity index (χ3v) is 5.56. The predicted molar refractivity (Wildman–Crippen MR) is 133 cm³/mol. The summed E-state index contributed by atoms with van der Waals surface area (Å²) in [5.74, 6) is -0.167. The van der Waals surface area contributed by atoms with E-state index in [0.29, 0.717) is 23.0 Å². The van der Waals surface area contributed by atoms with Gasteiger partial charge in [-0.1, -0.05) is 77.5 Å². The Morgan fingerprint density at radius 1 is 0.943 bits per heavy atom. The van der Waals surface area contributed by atoms with Gasteiger partial charge in [0, 0.05) is 23.2 Å². The van der Waals surface area contributed by atoms with Crippen LogP contribution in [0.5, 0.6) is 0 Å². The average molecular weight is 470 g/mol. The molecule has 0 fully saturated rings. The highest BCUT2D eigenvalue weighted by Gasteiger charge is 2.26. The first-order chi connectivity index (χ1) is 16.9. The van der Waals surface area contributed by atoms with Gasteiger partial charge >= 0.3 is 5.97 Å². The minimum Gasteiger partial charge on any atom is -0.447 e. The van der Waals surface area contributed by atoms with Crippen LogP contribution in [0.25, 0.3) is 11.4 Å². The molecule has 0 aliphatic carbocycles. The number of benzene rings is 3. The number of aromatic nitrogens is 2. The van der Waals surface area contributed by atoms with E-state index in [0.717, 1.165) is 22.3 Å². The second kappa shape index (κ2) is 10.8. The van der Waals surface area contributed by atoms with E-state index in [1.54, 1.807) is 24.3 Å². The van der Waals surface area contributed by atoms with Crippen molar-refractivity contribution >= 4 is 17.6 Å². The van der Waals surface area contributed by atoms with Gasteiger partial charge in [-0.05, 0) is 38.0 Å². The van der Waals surface area contributed by atoms with Crippen LogP contribution >= 0.6 is 0 Å². The SMILES string of the molecule is Cc1ccc(-c2noc(CCC(=O)OC(C(=O)Nc3cc(C)ccc3C)c3ccccc3)n2)cc1. The van der Waals surface area contributed by atoms with Gasteiger partial charge in [-0.25, -0.2) is 0 Å². The van der Waals surface area contributed by atoms with Gasteiger partial charge in [-0.2, -0.15) is 4.98 Å². The molecule has 0 aliphatic rings. The van der Waals surface area contributed by atoms with Crippen molar-refractivity contribution in [2.24, 2.45) is 0 Å². The van der Waals surface area contributed by atoms with Gasteiger partial charge in [0.15, 0.2) is 0 Å². The van der Waals surface area contributed by atoms with Crippen molar-refractivity contribution in [2.45, 2.75) is 39.7 Å². The Morgan fingerprint density at radius 3 is 2.40 bits per heavy atom. The first-order valence-corrected chi connectivity index (χ1v) is 11.4.